The molecule has 0 spiro atoms. The second-order valence-electron chi connectivity index (χ2n) is 3.20. The minimum atomic E-state index is -0.400. The molecule has 15 heavy (non-hydrogen) atoms. The molecule has 1 aromatic heterocycles. The molecule has 0 saturated carbocycles. The van der Waals surface area contributed by atoms with Crippen LogP contribution in [-0.4, -0.2) is 29.1 Å². The van der Waals surface area contributed by atoms with Crippen molar-refractivity contribution in [2.45, 2.75) is 13.3 Å². The van der Waals surface area contributed by atoms with Gasteiger partial charge in [0.2, 0.25) is 0 Å². The van der Waals surface area contributed by atoms with E-state index in [1.54, 1.807) is 13.0 Å². The summed E-state index contributed by atoms with van der Waals surface area (Å²) in [6.07, 6.45) is 1.98. The van der Waals surface area contributed by atoms with Crippen molar-refractivity contribution in [1.82, 2.24) is 10.3 Å². The zero-order valence-corrected chi connectivity index (χ0v) is 8.54. The Balaban J connectivity index is 2.78. The number of carbonyl (C=O) groups excluding carboxylic acids is 1. The van der Waals surface area contributed by atoms with E-state index < -0.39 is 11.5 Å². The largest absolute Gasteiger partial charge is 0.396 e. The van der Waals surface area contributed by atoms with Crippen molar-refractivity contribution in [3.8, 4) is 0 Å². The van der Waals surface area contributed by atoms with E-state index in [1.165, 1.54) is 6.20 Å². The summed E-state index contributed by atoms with van der Waals surface area (Å²) >= 11 is 0. The summed E-state index contributed by atoms with van der Waals surface area (Å²) in [5, 5.41) is 11.1. The summed E-state index contributed by atoms with van der Waals surface area (Å²) in [6, 6.07) is 1.67. The minimum Gasteiger partial charge on any atom is -0.396 e. The lowest BCUT2D eigenvalue weighted by atomic mass is 10.1. The topological polar surface area (TPSA) is 82.2 Å². The van der Waals surface area contributed by atoms with Crippen molar-refractivity contribution in [2.75, 3.05) is 13.2 Å². The van der Waals surface area contributed by atoms with Gasteiger partial charge >= 0.3 is 0 Å². The molecule has 1 aromatic rings. The molecule has 82 valence electrons. The molecule has 5 nitrogen and oxygen atoms in total. The first-order chi connectivity index (χ1) is 7.16. The summed E-state index contributed by atoms with van der Waals surface area (Å²) in [5.41, 5.74) is 0.382. The van der Waals surface area contributed by atoms with Crippen LogP contribution in [0.25, 0.3) is 0 Å². The fraction of sp³-hybridized carbons (Fsp3) is 0.400. The number of amides is 1. The van der Waals surface area contributed by atoms with Crippen molar-refractivity contribution in [2.24, 2.45) is 0 Å². The monoisotopic (exact) mass is 210 g/mol. The number of nitrogens with one attached hydrogen (secondary N) is 2. The SMILES string of the molecule is Cc1cc[nH]c(=O)c1C(=O)NCCCO. The molecule has 0 aliphatic carbocycles. The van der Waals surface area contributed by atoms with Crippen LogP contribution in [-0.2, 0) is 0 Å². The average Bonchev–Trinajstić information content (AvgIpc) is 2.18. The average molecular weight is 210 g/mol. The van der Waals surface area contributed by atoms with Crippen LogP contribution in [0.1, 0.15) is 22.3 Å². The summed E-state index contributed by atoms with van der Waals surface area (Å²) in [7, 11) is 0. The van der Waals surface area contributed by atoms with Crippen molar-refractivity contribution < 1.29 is 9.90 Å². The van der Waals surface area contributed by atoms with Gasteiger partial charge in [-0.1, -0.05) is 0 Å². The number of rotatable bonds is 4. The van der Waals surface area contributed by atoms with Crippen LogP contribution in [0.2, 0.25) is 0 Å². The molecule has 0 aliphatic heterocycles. The van der Waals surface area contributed by atoms with E-state index in [-0.39, 0.29) is 12.2 Å². The lowest BCUT2D eigenvalue weighted by Crippen LogP contribution is -2.31. The van der Waals surface area contributed by atoms with Crippen LogP contribution in [0.4, 0.5) is 0 Å². The van der Waals surface area contributed by atoms with Gasteiger partial charge in [0.25, 0.3) is 11.5 Å². The lowest BCUT2D eigenvalue weighted by Gasteiger charge is -2.05. The predicted octanol–water partition coefficient (Wildman–Crippen LogP) is -0.204. The third-order valence-electron chi connectivity index (χ3n) is 2.02. The Hall–Kier alpha value is -1.62. The third-order valence-corrected chi connectivity index (χ3v) is 2.02. The zero-order chi connectivity index (χ0) is 11.3. The first kappa shape index (κ1) is 11.5. The molecule has 3 N–H and O–H groups in total. The Bertz CT molecular complexity index is 398. The molecular weight excluding hydrogens is 196 g/mol. The standard InChI is InChI=1S/C10H14N2O3/c1-7-3-5-12-10(15)8(7)9(14)11-4-2-6-13/h3,5,13H,2,4,6H2,1H3,(H,11,14)(H,12,15). The highest BCUT2D eigenvalue weighted by molar-refractivity contribution is 5.95. The highest BCUT2D eigenvalue weighted by Gasteiger charge is 2.11. The Morgan fingerprint density at radius 3 is 2.93 bits per heavy atom. The molecule has 5 heteroatoms. The van der Waals surface area contributed by atoms with Gasteiger partial charge in [-0.3, -0.25) is 9.59 Å². The number of pyridine rings is 1. The quantitative estimate of drug-likeness (QED) is 0.602. The zero-order valence-electron chi connectivity index (χ0n) is 8.54. The fourth-order valence-corrected chi connectivity index (χ4v) is 1.23. The van der Waals surface area contributed by atoms with Crippen LogP contribution >= 0.6 is 0 Å². The summed E-state index contributed by atoms with van der Waals surface area (Å²) in [6.45, 7) is 2.09. The number of aliphatic hydroxyl groups is 1. The molecule has 1 rings (SSSR count). The van der Waals surface area contributed by atoms with E-state index in [1.807, 2.05) is 0 Å². The smallest absolute Gasteiger partial charge is 0.261 e. The number of H-pyrrole nitrogens is 1. The van der Waals surface area contributed by atoms with Gasteiger partial charge in [-0.2, -0.15) is 0 Å². The highest BCUT2D eigenvalue weighted by atomic mass is 16.3. The molecule has 1 heterocycles. The molecule has 0 aliphatic rings. The number of hydrogen-bond donors (Lipinski definition) is 3. The van der Waals surface area contributed by atoms with Crippen molar-refractivity contribution in [1.29, 1.82) is 0 Å². The lowest BCUT2D eigenvalue weighted by molar-refractivity contribution is 0.0949. The van der Waals surface area contributed by atoms with Crippen molar-refractivity contribution in [3.63, 3.8) is 0 Å². The van der Waals surface area contributed by atoms with Crippen LogP contribution in [0.5, 0.6) is 0 Å². The summed E-state index contributed by atoms with van der Waals surface area (Å²) in [4.78, 5) is 25.3. The van der Waals surface area contributed by atoms with E-state index in [4.69, 9.17) is 5.11 Å². The Morgan fingerprint density at radius 1 is 1.60 bits per heavy atom. The molecule has 0 radical (unpaired) electrons. The molecule has 1 amide bonds. The van der Waals surface area contributed by atoms with Crippen LogP contribution in [0.15, 0.2) is 17.1 Å². The van der Waals surface area contributed by atoms with Gasteiger partial charge in [0.15, 0.2) is 0 Å². The molecule has 0 atom stereocenters. The Morgan fingerprint density at radius 2 is 2.33 bits per heavy atom. The van der Waals surface area contributed by atoms with Crippen LogP contribution in [0.3, 0.4) is 0 Å². The summed E-state index contributed by atoms with van der Waals surface area (Å²) < 4.78 is 0. The van der Waals surface area contributed by atoms with Gasteiger partial charge in [-0.25, -0.2) is 0 Å². The maximum atomic E-state index is 11.5. The number of aliphatic hydroxyl groups excluding tert-OH is 1. The maximum absolute atomic E-state index is 11.5. The first-order valence-electron chi connectivity index (χ1n) is 4.74. The minimum absolute atomic E-state index is 0.0183. The molecule has 0 fully saturated rings. The third kappa shape index (κ3) is 2.92. The maximum Gasteiger partial charge on any atom is 0.261 e. The Kier molecular flexibility index (Phi) is 4.05. The molecule has 0 bridgehead atoms. The number of carbonyl (C=O) groups is 1. The van der Waals surface area contributed by atoms with Crippen molar-refractivity contribution >= 4 is 5.91 Å². The summed E-state index contributed by atoms with van der Waals surface area (Å²) in [5.74, 6) is -0.400. The second kappa shape index (κ2) is 5.31. The molecule has 0 aromatic carbocycles. The Labute approximate surface area is 87.1 Å². The van der Waals surface area contributed by atoms with E-state index in [0.29, 0.717) is 18.5 Å². The van der Waals surface area contributed by atoms with Gasteiger partial charge in [-0.05, 0) is 25.0 Å². The second-order valence-corrected chi connectivity index (χ2v) is 3.20. The van der Waals surface area contributed by atoms with E-state index in [2.05, 4.69) is 10.3 Å². The number of aryl methyl sites for hydroxylation is 1. The molecule has 0 saturated heterocycles. The van der Waals surface area contributed by atoms with Crippen LogP contribution < -0.4 is 10.9 Å². The number of hydrogen-bond acceptors (Lipinski definition) is 3. The van der Waals surface area contributed by atoms with Gasteiger partial charge in [-0.15, -0.1) is 0 Å². The van der Waals surface area contributed by atoms with Crippen molar-refractivity contribution in [3.05, 3.63) is 33.7 Å². The predicted molar refractivity (Wildman–Crippen MR) is 55.8 cm³/mol. The normalized spacial score (nSPS) is 10.0. The number of aromatic nitrogens is 1. The van der Waals surface area contributed by atoms with Crippen LogP contribution in [0, 0.1) is 6.92 Å². The van der Waals surface area contributed by atoms with E-state index in [9.17, 15) is 9.59 Å². The molecular formula is C10H14N2O3. The van der Waals surface area contributed by atoms with E-state index >= 15 is 0 Å². The van der Waals surface area contributed by atoms with Gasteiger partial charge < -0.3 is 15.4 Å². The number of aromatic amines is 1. The van der Waals surface area contributed by atoms with Gasteiger partial charge in [0.1, 0.15) is 5.56 Å². The van der Waals surface area contributed by atoms with Gasteiger partial charge in [0, 0.05) is 19.3 Å². The first-order valence-corrected chi connectivity index (χ1v) is 4.74. The van der Waals surface area contributed by atoms with Gasteiger partial charge in [0.05, 0.1) is 0 Å². The molecule has 0 unspecified atom stereocenters. The highest BCUT2D eigenvalue weighted by Crippen LogP contribution is 1.99. The van der Waals surface area contributed by atoms with E-state index in [0.717, 1.165) is 0 Å². The fourth-order valence-electron chi connectivity index (χ4n) is 1.23.